The predicted molar refractivity (Wildman–Crippen MR) is 304 cm³/mol. The Bertz CT molecular complexity index is 2510. The molecule has 10 heterocycles. The van der Waals surface area contributed by atoms with Crippen LogP contribution in [0.5, 0.6) is 0 Å². The minimum Gasteiger partial charge on any atom is -0.426 e. The van der Waals surface area contributed by atoms with Crippen molar-refractivity contribution < 1.29 is 13.5 Å². The van der Waals surface area contributed by atoms with Gasteiger partial charge in [0, 0.05) is 71.9 Å². The van der Waals surface area contributed by atoms with E-state index in [1.165, 1.54) is 23.1 Å². The van der Waals surface area contributed by atoms with Crippen LogP contribution in [0.3, 0.4) is 0 Å². The summed E-state index contributed by atoms with van der Waals surface area (Å²) in [5, 5.41) is 36.6. The molecule has 0 aliphatic rings. The van der Waals surface area contributed by atoms with Gasteiger partial charge in [-0.2, -0.15) is 18.7 Å². The van der Waals surface area contributed by atoms with Crippen LogP contribution in [-0.4, -0.2) is 110 Å². The van der Waals surface area contributed by atoms with Crippen LogP contribution in [0.25, 0.3) is 0 Å². The van der Waals surface area contributed by atoms with E-state index in [4.69, 9.17) is 4.42 Å². The second-order valence-electron chi connectivity index (χ2n) is 14.8. The molecule has 0 atom stereocenters. The lowest BCUT2D eigenvalue weighted by Crippen LogP contribution is -1.92. The van der Waals surface area contributed by atoms with E-state index in [1.54, 1.807) is 102 Å². The molecule has 28 heteroatoms. The van der Waals surface area contributed by atoms with Gasteiger partial charge in [-0.3, -0.25) is 29.9 Å². The number of aryl methyl sites for hydroxylation is 20. The second-order valence-corrected chi connectivity index (χ2v) is 18.1. The third-order valence-corrected chi connectivity index (χ3v) is 9.69. The van der Waals surface area contributed by atoms with Gasteiger partial charge in [0.2, 0.25) is 23.6 Å². The van der Waals surface area contributed by atoms with Gasteiger partial charge in [0.25, 0.3) is 0 Å². The molecule has 0 aliphatic heterocycles. The standard InChI is InChI=1S/3C6H8N2.3C4H6N2O.3C4H6N2S.C3H6N4.4CH4/c1-5-3-8-6(2)4-7-5;1-5-3-7-4-6(2)8-5;1-5-6(2)8-4-3-7-5;1-3-5-6-4(2)7-3;2*1-3-5-4(2)7-6-3;1-3-5-6-4(2)7-3;2*1-3-5-4(2)7-6-3;1-3-4-5-6-7(3)2;;;;/h3*3-4H,1-2H3;7*1-2H3;4*1H4. The first kappa shape index (κ1) is 75.9. The highest BCUT2D eigenvalue weighted by Gasteiger charge is 1.94. The molecule has 25 nitrogen and oxygen atoms in total. The summed E-state index contributed by atoms with van der Waals surface area (Å²) >= 11 is 4.51. The summed E-state index contributed by atoms with van der Waals surface area (Å²) in [5.74, 6) is 6.46. The summed E-state index contributed by atoms with van der Waals surface area (Å²) in [4.78, 5) is 39.8. The number of tetrazole rings is 1. The van der Waals surface area contributed by atoms with Gasteiger partial charge in [-0.1, -0.05) is 40.0 Å². The Hall–Kier alpha value is -7.59. The maximum atomic E-state index is 4.86. The first-order chi connectivity index (χ1) is 34.4. The smallest absolute Gasteiger partial charge is 0.223 e. The molecule has 0 fully saturated rings. The minimum absolute atomic E-state index is 0. The highest BCUT2D eigenvalue weighted by molar-refractivity contribution is 7.11. The van der Waals surface area contributed by atoms with Gasteiger partial charge in [0.1, 0.15) is 37.5 Å². The first-order valence-electron chi connectivity index (χ1n) is 22.0. The van der Waals surface area contributed by atoms with Crippen LogP contribution in [0.2, 0.25) is 0 Å². The van der Waals surface area contributed by atoms with E-state index in [0.717, 1.165) is 71.7 Å². The SMILES string of the molecule is C.C.C.C.Cc1cnc(C)cn1.Cc1cncc(C)n1.Cc1nccnc1C.Cc1nnc(C)o1.Cc1nnc(C)s1.Cc1nnnn1C.Cc1noc(C)n1.Cc1noc(C)n1.Cc1nsc(C)n1.Cc1nsc(C)n1. The van der Waals surface area contributed by atoms with Crippen LogP contribution in [-0.2, 0) is 7.05 Å². The van der Waals surface area contributed by atoms with Crippen molar-refractivity contribution >= 4 is 34.4 Å². The lowest BCUT2D eigenvalue weighted by molar-refractivity contribution is 0.389. The Morgan fingerprint density at radius 2 is 0.805 bits per heavy atom. The number of aromatic nitrogens is 22. The third kappa shape index (κ3) is 39.5. The fraction of sp³-hybridized carbons (Fsp3) is 0.490. The summed E-state index contributed by atoms with van der Waals surface area (Å²) in [6.07, 6.45) is 10.4. The van der Waals surface area contributed by atoms with E-state index >= 15 is 0 Å². The maximum absolute atomic E-state index is 4.86. The number of hydrogen-bond acceptors (Lipinski definition) is 27. The number of nitrogens with zero attached hydrogens (tertiary/aromatic N) is 22. The topological polar surface area (TPSA) is 315 Å². The van der Waals surface area contributed by atoms with Crippen molar-refractivity contribution in [2.75, 3.05) is 0 Å². The Morgan fingerprint density at radius 1 is 0.403 bits per heavy atom. The molecule has 0 saturated heterocycles. The summed E-state index contributed by atoms with van der Waals surface area (Å²) in [6, 6.07) is 0. The molecule has 10 rings (SSSR count). The third-order valence-electron chi connectivity index (χ3n) is 7.51. The van der Waals surface area contributed by atoms with Gasteiger partial charge < -0.3 is 13.5 Å². The molecular formula is C49H82N22O3S3. The Morgan fingerprint density at radius 3 is 0.948 bits per heavy atom. The van der Waals surface area contributed by atoms with Crippen LogP contribution < -0.4 is 0 Å². The maximum Gasteiger partial charge on any atom is 0.223 e. The molecule has 0 saturated carbocycles. The predicted octanol–water partition coefficient (Wildman–Crippen LogP) is 10.9. The van der Waals surface area contributed by atoms with Gasteiger partial charge in [0.05, 0.1) is 34.2 Å². The van der Waals surface area contributed by atoms with E-state index < -0.39 is 0 Å². The van der Waals surface area contributed by atoms with Crippen molar-refractivity contribution in [1.29, 1.82) is 0 Å². The molecule has 0 amide bonds. The van der Waals surface area contributed by atoms with Gasteiger partial charge in [-0.15, -0.1) is 36.8 Å². The number of rotatable bonds is 0. The van der Waals surface area contributed by atoms with E-state index in [2.05, 4.69) is 114 Å². The van der Waals surface area contributed by atoms with Gasteiger partial charge in [-0.25, -0.2) is 14.6 Å². The molecular weight excluding hydrogens is 1040 g/mol. The van der Waals surface area contributed by atoms with E-state index in [0.29, 0.717) is 35.2 Å². The fourth-order valence-corrected chi connectivity index (χ4v) is 5.74. The molecule has 0 aromatic carbocycles. The lowest BCUT2D eigenvalue weighted by atomic mass is 10.4. The Labute approximate surface area is 467 Å². The summed E-state index contributed by atoms with van der Waals surface area (Å²) in [5.41, 5.74) is 5.90. The van der Waals surface area contributed by atoms with Crippen molar-refractivity contribution in [1.82, 2.24) is 110 Å². The van der Waals surface area contributed by atoms with Crippen LogP contribution in [0, 0.1) is 132 Å². The molecule has 0 radical (unpaired) electrons. The largest absolute Gasteiger partial charge is 0.426 e. The molecule has 0 bridgehead atoms. The minimum atomic E-state index is 0. The van der Waals surface area contributed by atoms with Crippen molar-refractivity contribution in [2.24, 2.45) is 7.05 Å². The highest BCUT2D eigenvalue weighted by Crippen LogP contribution is 2.04. The van der Waals surface area contributed by atoms with Crippen LogP contribution >= 0.6 is 34.4 Å². The monoisotopic (exact) mass is 1120 g/mol. The first-order valence-corrected chi connectivity index (χ1v) is 24.3. The van der Waals surface area contributed by atoms with Crippen LogP contribution in [0.1, 0.15) is 137 Å². The average Bonchev–Trinajstić information content (AvgIpc) is 4.24. The number of hydrogen-bond donors (Lipinski definition) is 0. The Kier molecular flexibility index (Phi) is 42.0. The second kappa shape index (κ2) is 42.6. The van der Waals surface area contributed by atoms with Gasteiger partial charge >= 0.3 is 0 Å². The summed E-state index contributed by atoms with van der Waals surface area (Å²) in [7, 11) is 1.80. The molecule has 0 unspecified atom stereocenters. The molecule has 0 spiro atoms. The van der Waals surface area contributed by atoms with E-state index in [-0.39, 0.29) is 29.7 Å². The van der Waals surface area contributed by atoms with Crippen molar-refractivity contribution in [3.63, 3.8) is 0 Å². The van der Waals surface area contributed by atoms with Crippen LogP contribution in [0.4, 0.5) is 0 Å². The van der Waals surface area contributed by atoms with Crippen molar-refractivity contribution in [2.45, 2.75) is 161 Å². The lowest BCUT2D eigenvalue weighted by Gasteiger charge is -1.91. The molecule has 0 N–H and O–H groups in total. The average molecular weight is 1120 g/mol. The van der Waals surface area contributed by atoms with Gasteiger partial charge in [-0.05, 0) is 137 Å². The van der Waals surface area contributed by atoms with E-state index in [9.17, 15) is 0 Å². The zero-order valence-electron chi connectivity index (χ0n) is 45.3. The zero-order valence-corrected chi connectivity index (χ0v) is 47.7. The summed E-state index contributed by atoms with van der Waals surface area (Å²) in [6.45, 7) is 35.7. The molecule has 0 aliphatic carbocycles. The van der Waals surface area contributed by atoms with Gasteiger partial charge in [0.15, 0.2) is 11.6 Å². The van der Waals surface area contributed by atoms with Crippen molar-refractivity contribution in [3.05, 3.63) is 144 Å². The molecule has 10 aromatic heterocycles. The molecule has 424 valence electrons. The zero-order chi connectivity index (χ0) is 54.9. The molecule has 77 heavy (non-hydrogen) atoms. The van der Waals surface area contributed by atoms with Crippen LogP contribution in [0.15, 0.2) is 50.6 Å². The normalized spacial score (nSPS) is 8.88. The van der Waals surface area contributed by atoms with Crippen molar-refractivity contribution in [3.8, 4) is 0 Å². The Balaban J connectivity index is -0.000000382. The fourth-order valence-electron chi connectivity index (χ4n) is 4.19. The highest BCUT2D eigenvalue weighted by atomic mass is 32.1. The quantitative estimate of drug-likeness (QED) is 0.136. The molecule has 10 aromatic rings. The van der Waals surface area contributed by atoms with E-state index in [1.807, 2.05) is 90.0 Å². The summed E-state index contributed by atoms with van der Waals surface area (Å²) < 4.78 is 23.6.